The Balaban J connectivity index is 2.80. The Bertz CT molecular complexity index is 604. The van der Waals surface area contributed by atoms with Crippen LogP contribution in [0.5, 0.6) is 0 Å². The van der Waals surface area contributed by atoms with Crippen molar-refractivity contribution in [3.8, 4) is 0 Å². The van der Waals surface area contributed by atoms with Gasteiger partial charge in [-0.25, -0.2) is 0 Å². The van der Waals surface area contributed by atoms with Crippen LogP contribution in [0.25, 0.3) is 0 Å². The number of halogens is 1. The lowest BCUT2D eigenvalue weighted by molar-refractivity contribution is 0.145. The monoisotopic (exact) mass is 264 g/mol. The minimum absolute atomic E-state index is 0.127. The number of rotatable bonds is 1. The number of hydrogen-bond donors (Lipinski definition) is 1. The molecule has 1 aromatic carbocycles. The van der Waals surface area contributed by atoms with Gasteiger partial charge >= 0.3 is 0 Å². The van der Waals surface area contributed by atoms with Crippen molar-refractivity contribution in [2.75, 3.05) is 17.9 Å². The Morgan fingerprint density at radius 1 is 1.50 bits per heavy atom. The third kappa shape index (κ3) is 2.28. The molecular weight excluding hydrogens is 242 g/mol. The zero-order valence-electron chi connectivity index (χ0n) is 16.1. The molecule has 1 aliphatic heterocycles. The molecule has 0 aromatic heterocycles. The van der Waals surface area contributed by atoms with Gasteiger partial charge in [-0.15, -0.1) is 0 Å². The molecule has 2 nitrogen and oxygen atoms in total. The molecule has 0 bridgehead atoms. The lowest BCUT2D eigenvalue weighted by atomic mass is 10.1. The van der Waals surface area contributed by atoms with Crippen LogP contribution in [-0.2, 0) is 0 Å². The number of aliphatic hydroxyl groups is 1. The number of anilines is 1. The summed E-state index contributed by atoms with van der Waals surface area (Å²) in [5.74, 6) is 0. The van der Waals surface area contributed by atoms with Gasteiger partial charge in [0.2, 0.25) is 0 Å². The molecule has 1 aliphatic rings. The molecule has 0 spiro atoms. The quantitative estimate of drug-likeness (QED) is 0.843. The summed E-state index contributed by atoms with van der Waals surface area (Å²) >= 11 is 3.14. The van der Waals surface area contributed by atoms with Gasteiger partial charge in [-0.05, 0) is 30.9 Å². The normalized spacial score (nSPS) is 44.7. The van der Waals surface area contributed by atoms with Crippen LogP contribution in [0.1, 0.15) is 25.1 Å². The van der Waals surface area contributed by atoms with Gasteiger partial charge in [-0.2, -0.15) is 0 Å². The second-order valence-corrected chi connectivity index (χ2v) is 3.55. The Morgan fingerprint density at radius 2 is 2.21 bits per heavy atom. The van der Waals surface area contributed by atoms with E-state index in [4.69, 9.17) is 12.3 Å². The van der Waals surface area contributed by atoms with Crippen LogP contribution in [0.4, 0.5) is 5.69 Å². The van der Waals surface area contributed by atoms with Crippen molar-refractivity contribution in [3.63, 3.8) is 0 Å². The van der Waals surface area contributed by atoms with Crippen LogP contribution in [-0.4, -0.2) is 24.2 Å². The highest BCUT2D eigenvalue weighted by Crippen LogP contribution is 2.23. The molecule has 1 aromatic rings. The maximum absolute atomic E-state index is 10.0. The Morgan fingerprint density at radius 3 is 2.86 bits per heavy atom. The maximum Gasteiger partial charge on any atom is 0.0602 e. The van der Waals surface area contributed by atoms with E-state index in [1.807, 2.05) is 0 Å². The predicted molar refractivity (Wildman–Crippen MR) is 61.6 cm³/mol. The van der Waals surface area contributed by atoms with Gasteiger partial charge in [0, 0.05) is 34.1 Å². The smallest absolute Gasteiger partial charge is 0.0602 e. The average Bonchev–Trinajstić information content (AvgIpc) is 2.36. The van der Waals surface area contributed by atoms with Gasteiger partial charge in [0.05, 0.1) is 7.45 Å². The molecule has 2 rings (SSSR count). The van der Waals surface area contributed by atoms with Gasteiger partial charge in [-0.1, -0.05) is 22.0 Å². The van der Waals surface area contributed by atoms with Crippen molar-refractivity contribution in [1.82, 2.24) is 0 Å². The van der Waals surface area contributed by atoms with E-state index < -0.39 is 31.8 Å². The molecule has 1 saturated heterocycles. The molecule has 1 fully saturated rings. The van der Waals surface area contributed by atoms with Gasteiger partial charge < -0.3 is 10.0 Å². The molecule has 0 radical (unpaired) electrons. The first-order valence-corrected chi connectivity index (χ1v) is 4.70. The SMILES string of the molecule is [2H]C1([2H])N(c2cccc(Br)c2)C([2H])([2H])C([2H])([2H])C([2H])(O)C1([2H])[2H]. The second-order valence-electron chi connectivity index (χ2n) is 2.64. The third-order valence-corrected chi connectivity index (χ3v) is 2.13. The molecule has 0 atom stereocenters. The summed E-state index contributed by atoms with van der Waals surface area (Å²) in [7, 11) is 0. The molecule has 76 valence electrons. The van der Waals surface area contributed by atoms with Crippen LogP contribution in [0, 0.1) is 0 Å². The second kappa shape index (κ2) is 4.32. The Kier molecular flexibility index (Phi) is 1.17. The van der Waals surface area contributed by atoms with Crippen molar-refractivity contribution in [1.29, 1.82) is 0 Å². The van der Waals surface area contributed by atoms with Crippen molar-refractivity contribution < 1.29 is 17.4 Å². The van der Waals surface area contributed by atoms with E-state index >= 15 is 0 Å². The van der Waals surface area contributed by atoms with Gasteiger partial charge in [-0.3, -0.25) is 0 Å². The van der Waals surface area contributed by atoms with E-state index in [-0.39, 0.29) is 5.69 Å². The standard InChI is InChI=1S/C11H14BrNO/c12-9-2-1-3-10(8-9)13-6-4-11(14)5-7-13/h1-3,8,11,14H,4-7H2/i4D2,5D2,6D2,7D2,11D. The lowest BCUT2D eigenvalue weighted by Crippen LogP contribution is -2.35. The van der Waals surface area contributed by atoms with E-state index in [2.05, 4.69) is 15.9 Å². The summed E-state index contributed by atoms with van der Waals surface area (Å²) in [5, 5.41) is 10.0. The van der Waals surface area contributed by atoms with Crippen LogP contribution in [0.15, 0.2) is 28.7 Å². The first-order valence-electron chi connectivity index (χ1n) is 8.40. The predicted octanol–water partition coefficient (Wildman–Crippen LogP) is 2.41. The van der Waals surface area contributed by atoms with Gasteiger partial charge in [0.1, 0.15) is 0 Å². The lowest BCUT2D eigenvalue weighted by Gasteiger charge is -2.31. The number of nitrogens with zero attached hydrogens (tertiary/aromatic N) is 1. The molecular formula is C11H14BrNO. The van der Waals surface area contributed by atoms with E-state index in [1.165, 1.54) is 18.2 Å². The molecule has 3 heteroatoms. The van der Waals surface area contributed by atoms with E-state index in [0.717, 1.165) is 0 Å². The zero-order chi connectivity index (χ0) is 18.1. The van der Waals surface area contributed by atoms with Crippen molar-refractivity contribution >= 4 is 21.6 Å². The molecule has 1 heterocycles. The fourth-order valence-corrected chi connectivity index (χ4v) is 1.41. The first kappa shape index (κ1) is 3.80. The van der Waals surface area contributed by atoms with E-state index in [0.29, 0.717) is 9.37 Å². The summed E-state index contributed by atoms with van der Waals surface area (Å²) < 4.78 is 71.2. The van der Waals surface area contributed by atoms with Crippen molar-refractivity contribution in [2.24, 2.45) is 0 Å². The molecule has 0 saturated carbocycles. The van der Waals surface area contributed by atoms with Crippen molar-refractivity contribution in [3.05, 3.63) is 28.7 Å². The minimum Gasteiger partial charge on any atom is -0.393 e. The number of hydrogen-bond acceptors (Lipinski definition) is 2. The van der Waals surface area contributed by atoms with Gasteiger partial charge in [0.15, 0.2) is 0 Å². The molecule has 0 unspecified atom stereocenters. The fraction of sp³-hybridized carbons (Fsp3) is 0.455. The molecule has 0 aliphatic carbocycles. The Hall–Kier alpha value is -0.540. The summed E-state index contributed by atoms with van der Waals surface area (Å²) in [4.78, 5) is 0.299. The van der Waals surface area contributed by atoms with E-state index in [1.54, 1.807) is 6.07 Å². The van der Waals surface area contributed by atoms with Crippen LogP contribution in [0.3, 0.4) is 0 Å². The highest BCUT2D eigenvalue weighted by Gasteiger charge is 2.16. The number of piperidine rings is 1. The minimum atomic E-state index is -3.64. The molecule has 0 amide bonds. The summed E-state index contributed by atoms with van der Waals surface area (Å²) in [6.45, 7) is -6.39. The highest BCUT2D eigenvalue weighted by molar-refractivity contribution is 9.10. The van der Waals surface area contributed by atoms with Crippen LogP contribution >= 0.6 is 15.9 Å². The Labute approximate surface area is 105 Å². The molecule has 14 heavy (non-hydrogen) atoms. The maximum atomic E-state index is 10.0. The topological polar surface area (TPSA) is 23.5 Å². The van der Waals surface area contributed by atoms with Crippen molar-refractivity contribution in [2.45, 2.75) is 18.8 Å². The zero-order valence-corrected chi connectivity index (χ0v) is 8.67. The average molecular weight is 265 g/mol. The largest absolute Gasteiger partial charge is 0.393 e. The summed E-state index contributed by atoms with van der Waals surface area (Å²) in [5.41, 5.74) is -0.127. The summed E-state index contributed by atoms with van der Waals surface area (Å²) in [6, 6.07) is 5.64. The van der Waals surface area contributed by atoms with Crippen LogP contribution < -0.4 is 4.90 Å². The van der Waals surface area contributed by atoms with Gasteiger partial charge in [0.25, 0.3) is 0 Å². The van der Waals surface area contributed by atoms with E-state index in [9.17, 15) is 5.11 Å². The fourth-order valence-electron chi connectivity index (χ4n) is 1.02. The third-order valence-electron chi connectivity index (χ3n) is 1.64. The van der Waals surface area contributed by atoms with Crippen LogP contribution in [0.2, 0.25) is 0 Å². The first-order chi connectivity index (χ1) is 10.1. The highest BCUT2D eigenvalue weighted by atomic mass is 79.9. The molecule has 1 N–H and O–H groups in total. The summed E-state index contributed by atoms with van der Waals surface area (Å²) in [6.07, 6.45) is -10.5. The number of benzene rings is 1.